The van der Waals surface area contributed by atoms with Crippen LogP contribution in [0.4, 0.5) is 0 Å². The van der Waals surface area contributed by atoms with E-state index in [0.717, 1.165) is 60.9 Å². The molecular formula is C49H29N3O. The van der Waals surface area contributed by atoms with Crippen LogP contribution in [0.5, 0.6) is 0 Å². The van der Waals surface area contributed by atoms with Gasteiger partial charge < -0.3 is 4.42 Å². The number of rotatable bonds is 5. The molecule has 10 aromatic rings. The van der Waals surface area contributed by atoms with Gasteiger partial charge in [-0.15, -0.1) is 0 Å². The van der Waals surface area contributed by atoms with E-state index in [0.29, 0.717) is 17.5 Å². The van der Waals surface area contributed by atoms with Crippen molar-refractivity contribution >= 4 is 32.7 Å². The highest BCUT2D eigenvalue weighted by Crippen LogP contribution is 2.54. The molecule has 0 fully saturated rings. The SMILES string of the molecule is c1ccc(-c2ccc(-c3ccc(-c4nc(-c5ccccc5)nc(-c5c6c(cc7oc8ccccc8c57)-c5cccc7cccc-6c57)n4)cc3)cc2)cc1. The molecule has 1 aliphatic carbocycles. The smallest absolute Gasteiger partial charge is 0.165 e. The van der Waals surface area contributed by atoms with E-state index in [-0.39, 0.29) is 0 Å². The van der Waals surface area contributed by atoms with Crippen LogP contribution in [0, 0.1) is 0 Å². The lowest BCUT2D eigenvalue weighted by molar-refractivity contribution is 0.669. The van der Waals surface area contributed by atoms with Gasteiger partial charge in [-0.1, -0.05) is 164 Å². The van der Waals surface area contributed by atoms with Crippen LogP contribution >= 0.6 is 0 Å². The molecule has 8 aromatic carbocycles. The number of nitrogens with zero attached hydrogens (tertiary/aromatic N) is 3. The van der Waals surface area contributed by atoms with E-state index in [1.54, 1.807) is 0 Å². The fourth-order valence-corrected chi connectivity index (χ4v) is 8.01. The lowest BCUT2D eigenvalue weighted by Gasteiger charge is -2.14. The molecule has 0 bridgehead atoms. The predicted octanol–water partition coefficient (Wildman–Crippen LogP) is 12.9. The molecule has 0 spiro atoms. The van der Waals surface area contributed by atoms with Crippen molar-refractivity contribution in [2.75, 3.05) is 0 Å². The van der Waals surface area contributed by atoms with Crippen LogP contribution in [0.2, 0.25) is 0 Å². The van der Waals surface area contributed by atoms with Crippen molar-refractivity contribution in [1.29, 1.82) is 0 Å². The van der Waals surface area contributed by atoms with Crippen molar-refractivity contribution in [2.45, 2.75) is 0 Å². The highest BCUT2D eigenvalue weighted by molar-refractivity contribution is 6.25. The van der Waals surface area contributed by atoms with Gasteiger partial charge in [0.2, 0.25) is 0 Å². The number of para-hydroxylation sites is 1. The minimum atomic E-state index is 0.618. The van der Waals surface area contributed by atoms with Crippen molar-refractivity contribution in [3.05, 3.63) is 176 Å². The molecule has 53 heavy (non-hydrogen) atoms. The Bertz CT molecular complexity index is 3020. The fourth-order valence-electron chi connectivity index (χ4n) is 8.01. The van der Waals surface area contributed by atoms with Gasteiger partial charge >= 0.3 is 0 Å². The van der Waals surface area contributed by atoms with Gasteiger partial charge in [-0.25, -0.2) is 15.0 Å². The zero-order valence-electron chi connectivity index (χ0n) is 28.5. The Balaban J connectivity index is 1.12. The van der Waals surface area contributed by atoms with E-state index < -0.39 is 0 Å². The minimum absolute atomic E-state index is 0.618. The third-order valence-corrected chi connectivity index (χ3v) is 10.5. The maximum atomic E-state index is 6.58. The monoisotopic (exact) mass is 675 g/mol. The Morgan fingerprint density at radius 3 is 1.49 bits per heavy atom. The van der Waals surface area contributed by atoms with Crippen LogP contribution in [0.3, 0.4) is 0 Å². The quantitative estimate of drug-likeness (QED) is 0.182. The molecule has 0 N–H and O–H groups in total. The van der Waals surface area contributed by atoms with E-state index in [1.807, 2.05) is 36.4 Å². The molecule has 2 heterocycles. The van der Waals surface area contributed by atoms with E-state index in [2.05, 4.69) is 140 Å². The summed E-state index contributed by atoms with van der Waals surface area (Å²) in [6, 6.07) is 61.4. The standard InChI is InChI=1S/C49H29N3O/c1-3-11-30(12-4-1)31-21-23-32(24-22-31)33-25-27-36(28-26-33)48-50-47(35-13-5-2-6-14-35)51-49(52-48)46-44-39-19-10-16-34-15-9-18-37(43(34)39)40(44)29-42-45(46)38-17-7-8-20-41(38)53-42/h1-29H. The van der Waals surface area contributed by atoms with E-state index in [1.165, 1.54) is 33.0 Å². The van der Waals surface area contributed by atoms with E-state index in [9.17, 15) is 0 Å². The second kappa shape index (κ2) is 11.7. The largest absolute Gasteiger partial charge is 0.456 e. The maximum Gasteiger partial charge on any atom is 0.165 e. The Morgan fingerprint density at radius 2 is 0.830 bits per heavy atom. The normalized spacial score (nSPS) is 11.8. The van der Waals surface area contributed by atoms with Gasteiger partial charge in [0.1, 0.15) is 11.2 Å². The highest BCUT2D eigenvalue weighted by Gasteiger charge is 2.30. The summed E-state index contributed by atoms with van der Waals surface area (Å²) in [5.74, 6) is 1.86. The summed E-state index contributed by atoms with van der Waals surface area (Å²) in [4.78, 5) is 15.7. The van der Waals surface area contributed by atoms with Gasteiger partial charge in [0.05, 0.1) is 0 Å². The van der Waals surface area contributed by atoms with Crippen molar-refractivity contribution in [3.8, 4) is 78.7 Å². The predicted molar refractivity (Wildman–Crippen MR) is 216 cm³/mol. The van der Waals surface area contributed by atoms with Crippen molar-refractivity contribution in [2.24, 2.45) is 0 Å². The molecular weight excluding hydrogens is 647 g/mol. The molecule has 4 heteroatoms. The average molecular weight is 676 g/mol. The van der Waals surface area contributed by atoms with E-state index >= 15 is 0 Å². The molecule has 0 atom stereocenters. The molecule has 246 valence electrons. The number of aromatic nitrogens is 3. The highest BCUT2D eigenvalue weighted by atomic mass is 16.3. The van der Waals surface area contributed by atoms with E-state index in [4.69, 9.17) is 19.4 Å². The number of hydrogen-bond acceptors (Lipinski definition) is 4. The zero-order valence-corrected chi connectivity index (χ0v) is 28.5. The minimum Gasteiger partial charge on any atom is -0.456 e. The van der Waals surface area contributed by atoms with Crippen molar-refractivity contribution in [3.63, 3.8) is 0 Å². The van der Waals surface area contributed by atoms with Crippen molar-refractivity contribution < 1.29 is 4.42 Å². The van der Waals surface area contributed by atoms with Gasteiger partial charge in [0.25, 0.3) is 0 Å². The van der Waals surface area contributed by atoms with Gasteiger partial charge in [-0.05, 0) is 61.8 Å². The molecule has 1 aliphatic rings. The molecule has 11 rings (SSSR count). The summed E-state index contributed by atoms with van der Waals surface area (Å²) >= 11 is 0. The maximum absolute atomic E-state index is 6.58. The fraction of sp³-hybridized carbons (Fsp3) is 0. The first kappa shape index (κ1) is 29.5. The third-order valence-electron chi connectivity index (χ3n) is 10.5. The Kier molecular flexibility index (Phi) is 6.52. The first-order chi connectivity index (χ1) is 26.3. The average Bonchev–Trinajstić information content (AvgIpc) is 3.77. The molecule has 0 aliphatic heterocycles. The van der Waals surface area contributed by atoms with Gasteiger partial charge in [-0.3, -0.25) is 0 Å². The third kappa shape index (κ3) is 4.73. The topological polar surface area (TPSA) is 51.8 Å². The summed E-state index contributed by atoms with van der Waals surface area (Å²) in [5, 5.41) is 4.50. The van der Waals surface area contributed by atoms with Crippen LogP contribution in [0.25, 0.3) is 111 Å². The Morgan fingerprint density at radius 1 is 0.321 bits per heavy atom. The second-order valence-electron chi connectivity index (χ2n) is 13.5. The summed E-state index contributed by atoms with van der Waals surface area (Å²) < 4.78 is 6.58. The van der Waals surface area contributed by atoms with Crippen molar-refractivity contribution in [1.82, 2.24) is 15.0 Å². The van der Waals surface area contributed by atoms with Crippen LogP contribution in [-0.4, -0.2) is 15.0 Å². The number of hydrogen-bond donors (Lipinski definition) is 0. The molecule has 0 saturated heterocycles. The van der Waals surface area contributed by atoms with Gasteiger partial charge in [-0.2, -0.15) is 0 Å². The Labute approximate surface area is 305 Å². The number of furan rings is 1. The molecule has 0 unspecified atom stereocenters. The summed E-state index contributed by atoms with van der Waals surface area (Å²) in [6.07, 6.45) is 0. The van der Waals surface area contributed by atoms with Gasteiger partial charge in [0, 0.05) is 33.0 Å². The number of fused-ring (bicyclic) bond motifs is 6. The van der Waals surface area contributed by atoms with Crippen LogP contribution in [0.1, 0.15) is 0 Å². The Hall–Kier alpha value is -7.17. The molecule has 4 nitrogen and oxygen atoms in total. The first-order valence-electron chi connectivity index (χ1n) is 17.9. The van der Waals surface area contributed by atoms with Crippen LogP contribution in [0.15, 0.2) is 180 Å². The zero-order chi connectivity index (χ0) is 34.9. The number of benzene rings is 8. The second-order valence-corrected chi connectivity index (χ2v) is 13.5. The lowest BCUT2D eigenvalue weighted by atomic mass is 9.93. The van der Waals surface area contributed by atoms with Gasteiger partial charge in [0.15, 0.2) is 17.5 Å². The van der Waals surface area contributed by atoms with Crippen LogP contribution < -0.4 is 0 Å². The molecule has 0 amide bonds. The van der Waals surface area contributed by atoms with Crippen LogP contribution in [-0.2, 0) is 0 Å². The summed E-state index contributed by atoms with van der Waals surface area (Å²) in [5.41, 5.74) is 13.8. The first-order valence-corrected chi connectivity index (χ1v) is 17.9. The molecule has 0 saturated carbocycles. The summed E-state index contributed by atoms with van der Waals surface area (Å²) in [7, 11) is 0. The summed E-state index contributed by atoms with van der Waals surface area (Å²) in [6.45, 7) is 0. The molecule has 2 aromatic heterocycles. The lowest BCUT2D eigenvalue weighted by Crippen LogP contribution is -2.01. The molecule has 0 radical (unpaired) electrons.